The Kier molecular flexibility index (Phi) is 6.10. The Morgan fingerprint density at radius 1 is 1.11 bits per heavy atom. The number of amides is 1. The van der Waals surface area contributed by atoms with Crippen LogP contribution < -0.4 is 22.3 Å². The molecule has 2 heterocycles. The summed E-state index contributed by atoms with van der Waals surface area (Å²) in [5.41, 5.74) is 2.92. The Labute approximate surface area is 174 Å². The van der Waals surface area contributed by atoms with Crippen LogP contribution in [0.3, 0.4) is 0 Å². The quantitative estimate of drug-likeness (QED) is 0.633. The largest absolute Gasteiger partial charge is 1.00 e. The first kappa shape index (κ1) is 19.7. The van der Waals surface area contributed by atoms with Gasteiger partial charge in [0.25, 0.3) is 11.7 Å². The van der Waals surface area contributed by atoms with Crippen molar-refractivity contribution >= 4 is 34.8 Å². The van der Waals surface area contributed by atoms with E-state index in [4.69, 9.17) is 23.2 Å². The SMILES string of the molecule is O=C(C[n+]1cc(-c2ccc(Cl)cc2)n2c1CCC2)Nc1cccc(Cl)c1.[Cl-]. The number of benzene rings is 2. The van der Waals surface area contributed by atoms with Crippen LogP contribution in [0.4, 0.5) is 5.69 Å². The van der Waals surface area contributed by atoms with E-state index in [1.165, 1.54) is 5.82 Å². The third-order valence-corrected chi connectivity index (χ3v) is 5.04. The summed E-state index contributed by atoms with van der Waals surface area (Å²) in [7, 11) is 0. The zero-order valence-corrected chi connectivity index (χ0v) is 16.7. The number of aromatic nitrogens is 2. The van der Waals surface area contributed by atoms with E-state index < -0.39 is 0 Å². The number of imidazole rings is 1. The van der Waals surface area contributed by atoms with Crippen molar-refractivity contribution in [3.05, 3.63) is 70.6 Å². The van der Waals surface area contributed by atoms with Crippen LogP contribution in [0, 0.1) is 0 Å². The van der Waals surface area contributed by atoms with E-state index in [-0.39, 0.29) is 24.9 Å². The summed E-state index contributed by atoms with van der Waals surface area (Å²) in [6, 6.07) is 15.0. The average Bonchev–Trinajstić information content (AvgIpc) is 3.20. The van der Waals surface area contributed by atoms with Crippen LogP contribution in [0.5, 0.6) is 0 Å². The molecule has 0 radical (unpaired) electrons. The number of hydrogen-bond acceptors (Lipinski definition) is 1. The first-order valence-electron chi connectivity index (χ1n) is 8.53. The van der Waals surface area contributed by atoms with Crippen molar-refractivity contribution < 1.29 is 21.8 Å². The van der Waals surface area contributed by atoms with Crippen LogP contribution in [0.1, 0.15) is 12.2 Å². The van der Waals surface area contributed by atoms with Crippen molar-refractivity contribution in [1.82, 2.24) is 4.57 Å². The van der Waals surface area contributed by atoms with Gasteiger partial charge in [-0.15, -0.1) is 0 Å². The standard InChI is InChI=1S/C20H17Cl2N3O.ClH/c21-15-8-6-14(7-9-15)18-12-24(20-5-2-10-25(18)20)13-19(26)23-17-4-1-3-16(22)11-17;/h1,3-4,6-9,11-12H,2,5,10,13H2;1H. The average molecular weight is 423 g/mol. The number of carbonyl (C=O) groups excluding carboxylic acids is 1. The van der Waals surface area contributed by atoms with E-state index in [1.54, 1.807) is 12.1 Å². The van der Waals surface area contributed by atoms with E-state index >= 15 is 0 Å². The summed E-state index contributed by atoms with van der Waals surface area (Å²) < 4.78 is 4.33. The van der Waals surface area contributed by atoms with E-state index in [2.05, 4.69) is 16.1 Å². The van der Waals surface area contributed by atoms with E-state index in [9.17, 15) is 4.79 Å². The number of fused-ring (bicyclic) bond motifs is 1. The molecule has 140 valence electrons. The first-order chi connectivity index (χ1) is 12.6. The van der Waals surface area contributed by atoms with Gasteiger partial charge in [0.15, 0.2) is 12.2 Å². The highest BCUT2D eigenvalue weighted by Crippen LogP contribution is 2.26. The fraction of sp³-hybridized carbons (Fsp3) is 0.200. The van der Waals surface area contributed by atoms with Crippen LogP contribution >= 0.6 is 23.2 Å². The molecule has 1 aromatic heterocycles. The molecule has 0 saturated carbocycles. The molecule has 1 N–H and O–H groups in total. The normalized spacial score (nSPS) is 12.4. The van der Waals surface area contributed by atoms with Crippen LogP contribution in [-0.4, -0.2) is 10.5 Å². The van der Waals surface area contributed by atoms with Gasteiger partial charge in [0.1, 0.15) is 6.20 Å². The molecule has 4 rings (SSSR count). The van der Waals surface area contributed by atoms with Crippen molar-refractivity contribution in [2.75, 3.05) is 5.32 Å². The number of nitrogens with zero attached hydrogens (tertiary/aromatic N) is 2. The summed E-state index contributed by atoms with van der Waals surface area (Å²) in [5.74, 6) is 1.11. The Bertz CT molecular complexity index is 967. The van der Waals surface area contributed by atoms with Crippen LogP contribution in [-0.2, 0) is 24.3 Å². The van der Waals surface area contributed by atoms with Gasteiger partial charge >= 0.3 is 0 Å². The maximum Gasteiger partial charge on any atom is 0.266 e. The molecule has 0 atom stereocenters. The lowest BCUT2D eigenvalue weighted by Crippen LogP contribution is -3.00. The molecule has 0 spiro atoms. The van der Waals surface area contributed by atoms with Gasteiger partial charge in [0, 0.05) is 21.3 Å². The topological polar surface area (TPSA) is 37.9 Å². The molecule has 0 aliphatic carbocycles. The molecule has 4 nitrogen and oxygen atoms in total. The lowest BCUT2D eigenvalue weighted by Gasteiger charge is -2.04. The molecule has 0 unspecified atom stereocenters. The van der Waals surface area contributed by atoms with Gasteiger partial charge in [-0.2, -0.15) is 0 Å². The number of halogens is 3. The fourth-order valence-corrected chi connectivity index (χ4v) is 3.73. The predicted octanol–water partition coefficient (Wildman–Crippen LogP) is 1.34. The first-order valence-corrected chi connectivity index (χ1v) is 9.29. The Morgan fingerprint density at radius 3 is 2.63 bits per heavy atom. The summed E-state index contributed by atoms with van der Waals surface area (Å²) in [6.45, 7) is 1.24. The zero-order chi connectivity index (χ0) is 18.1. The fourth-order valence-electron chi connectivity index (χ4n) is 3.42. The number of hydrogen-bond donors (Lipinski definition) is 1. The molecule has 1 amide bonds. The Hall–Kier alpha value is -2.01. The van der Waals surface area contributed by atoms with Gasteiger partial charge < -0.3 is 17.7 Å². The second kappa shape index (κ2) is 8.34. The highest BCUT2D eigenvalue weighted by molar-refractivity contribution is 6.31. The number of nitrogens with one attached hydrogen (secondary N) is 1. The van der Waals surface area contributed by atoms with Gasteiger partial charge in [-0.05, 0) is 48.9 Å². The lowest BCUT2D eigenvalue weighted by molar-refractivity contribution is -0.690. The molecule has 2 aromatic carbocycles. The third kappa shape index (κ3) is 4.29. The van der Waals surface area contributed by atoms with Crippen molar-refractivity contribution in [2.45, 2.75) is 25.9 Å². The number of anilines is 1. The van der Waals surface area contributed by atoms with Crippen molar-refractivity contribution in [3.8, 4) is 11.3 Å². The van der Waals surface area contributed by atoms with Crippen LogP contribution in [0.15, 0.2) is 54.7 Å². The number of rotatable bonds is 4. The zero-order valence-electron chi connectivity index (χ0n) is 14.5. The minimum absolute atomic E-state index is 0. The maximum atomic E-state index is 12.5. The second-order valence-corrected chi connectivity index (χ2v) is 7.25. The molecule has 1 aliphatic rings. The van der Waals surface area contributed by atoms with Crippen molar-refractivity contribution in [1.29, 1.82) is 0 Å². The molecule has 0 fully saturated rings. The van der Waals surface area contributed by atoms with Gasteiger partial charge in [0.2, 0.25) is 0 Å². The molecule has 7 heteroatoms. The van der Waals surface area contributed by atoms with E-state index in [0.29, 0.717) is 10.7 Å². The van der Waals surface area contributed by atoms with Crippen molar-refractivity contribution in [2.24, 2.45) is 0 Å². The molecule has 0 bridgehead atoms. The molecule has 1 aliphatic heterocycles. The Morgan fingerprint density at radius 2 is 1.89 bits per heavy atom. The van der Waals surface area contributed by atoms with Gasteiger partial charge in [-0.3, -0.25) is 4.79 Å². The highest BCUT2D eigenvalue weighted by Gasteiger charge is 2.29. The van der Waals surface area contributed by atoms with Gasteiger partial charge in [-0.25, -0.2) is 9.13 Å². The molecular weight excluding hydrogens is 405 g/mol. The smallest absolute Gasteiger partial charge is 0.266 e. The highest BCUT2D eigenvalue weighted by atomic mass is 35.5. The molecule has 0 saturated heterocycles. The van der Waals surface area contributed by atoms with Gasteiger partial charge in [-0.1, -0.05) is 29.3 Å². The second-order valence-electron chi connectivity index (χ2n) is 6.38. The predicted molar refractivity (Wildman–Crippen MR) is 103 cm³/mol. The summed E-state index contributed by atoms with van der Waals surface area (Å²) in [5, 5.41) is 4.23. The Balaban J connectivity index is 0.00000210. The van der Waals surface area contributed by atoms with Gasteiger partial charge in [0.05, 0.1) is 13.0 Å². The van der Waals surface area contributed by atoms with E-state index in [1.807, 2.05) is 41.0 Å². The molecular formula is C20H18Cl3N3O. The molecule has 3 aromatic rings. The summed E-state index contributed by atoms with van der Waals surface area (Å²) in [6.07, 6.45) is 4.11. The minimum Gasteiger partial charge on any atom is -1.00 e. The summed E-state index contributed by atoms with van der Waals surface area (Å²) >= 11 is 12.0. The third-order valence-electron chi connectivity index (χ3n) is 4.56. The summed E-state index contributed by atoms with van der Waals surface area (Å²) in [4.78, 5) is 12.5. The number of carbonyl (C=O) groups is 1. The van der Waals surface area contributed by atoms with Crippen LogP contribution in [0.25, 0.3) is 11.3 Å². The van der Waals surface area contributed by atoms with Crippen LogP contribution in [0.2, 0.25) is 10.0 Å². The lowest BCUT2D eigenvalue weighted by atomic mass is 10.2. The minimum atomic E-state index is -0.0692. The molecule has 27 heavy (non-hydrogen) atoms. The monoisotopic (exact) mass is 421 g/mol. The van der Waals surface area contributed by atoms with Crippen molar-refractivity contribution in [3.63, 3.8) is 0 Å². The maximum absolute atomic E-state index is 12.5. The van der Waals surface area contributed by atoms with E-state index in [0.717, 1.165) is 35.7 Å².